The molecule has 1 aliphatic rings. The summed E-state index contributed by atoms with van der Waals surface area (Å²) in [4.78, 5) is 13.9. The van der Waals surface area contributed by atoms with Gasteiger partial charge in [0, 0.05) is 43.0 Å². The Kier molecular flexibility index (Phi) is 5.49. The molecule has 1 fully saturated rings. The highest BCUT2D eigenvalue weighted by molar-refractivity contribution is 5.81. The number of carbonyl (C=O) groups is 1. The van der Waals surface area contributed by atoms with Crippen LogP contribution >= 0.6 is 0 Å². The third kappa shape index (κ3) is 4.04. The Labute approximate surface area is 131 Å². The van der Waals surface area contributed by atoms with Gasteiger partial charge in [-0.25, -0.2) is 0 Å². The third-order valence-corrected chi connectivity index (χ3v) is 3.84. The van der Waals surface area contributed by atoms with Crippen LogP contribution in [0.25, 0.3) is 0 Å². The van der Waals surface area contributed by atoms with Crippen molar-refractivity contribution in [3.63, 3.8) is 0 Å². The molecular formula is C16H25N3O3. The van der Waals surface area contributed by atoms with Crippen LogP contribution < -0.4 is 20.5 Å². The summed E-state index contributed by atoms with van der Waals surface area (Å²) in [6.45, 7) is 3.17. The van der Waals surface area contributed by atoms with E-state index in [1.165, 1.54) is 0 Å². The molecular weight excluding hydrogens is 282 g/mol. The van der Waals surface area contributed by atoms with Crippen molar-refractivity contribution in [1.29, 1.82) is 0 Å². The predicted octanol–water partition coefficient (Wildman–Crippen LogP) is 1.45. The van der Waals surface area contributed by atoms with E-state index in [4.69, 9.17) is 15.2 Å². The van der Waals surface area contributed by atoms with Crippen molar-refractivity contribution < 1.29 is 14.3 Å². The fraction of sp³-hybridized carbons (Fsp3) is 0.562. The van der Waals surface area contributed by atoms with Crippen LogP contribution in [0.4, 0.5) is 5.69 Å². The van der Waals surface area contributed by atoms with Crippen molar-refractivity contribution in [1.82, 2.24) is 4.90 Å². The SMILES string of the molecule is COc1cc(NC2CCCN(C(=O)[C@@H](C)N)C2)cc(OC)c1. The predicted molar refractivity (Wildman–Crippen MR) is 86.4 cm³/mol. The quantitative estimate of drug-likeness (QED) is 0.861. The first-order chi connectivity index (χ1) is 10.5. The lowest BCUT2D eigenvalue weighted by atomic mass is 10.0. The van der Waals surface area contributed by atoms with Gasteiger partial charge in [-0.3, -0.25) is 4.79 Å². The van der Waals surface area contributed by atoms with E-state index in [9.17, 15) is 4.79 Å². The number of hydrogen-bond donors (Lipinski definition) is 2. The van der Waals surface area contributed by atoms with Crippen LogP contribution in [0.3, 0.4) is 0 Å². The molecule has 6 nitrogen and oxygen atoms in total. The minimum absolute atomic E-state index is 0.00900. The van der Waals surface area contributed by atoms with Crippen molar-refractivity contribution in [2.24, 2.45) is 5.73 Å². The van der Waals surface area contributed by atoms with E-state index in [0.29, 0.717) is 6.54 Å². The molecule has 0 aromatic heterocycles. The first-order valence-electron chi connectivity index (χ1n) is 7.57. The Bertz CT molecular complexity index is 497. The number of nitrogens with one attached hydrogen (secondary N) is 1. The van der Waals surface area contributed by atoms with E-state index in [1.54, 1.807) is 21.1 Å². The van der Waals surface area contributed by atoms with Crippen LogP contribution in [-0.4, -0.2) is 50.2 Å². The lowest BCUT2D eigenvalue weighted by Crippen LogP contribution is -2.50. The molecule has 1 aliphatic heterocycles. The van der Waals surface area contributed by atoms with Crippen LogP contribution in [0.5, 0.6) is 11.5 Å². The minimum Gasteiger partial charge on any atom is -0.497 e. The molecule has 2 atom stereocenters. The zero-order chi connectivity index (χ0) is 16.1. The molecule has 6 heteroatoms. The van der Waals surface area contributed by atoms with E-state index >= 15 is 0 Å². The maximum Gasteiger partial charge on any atom is 0.239 e. The molecule has 1 heterocycles. The number of nitrogens with two attached hydrogens (primary N) is 1. The highest BCUT2D eigenvalue weighted by Crippen LogP contribution is 2.27. The topological polar surface area (TPSA) is 76.8 Å². The Morgan fingerprint density at radius 2 is 1.95 bits per heavy atom. The average molecular weight is 307 g/mol. The Morgan fingerprint density at radius 1 is 1.32 bits per heavy atom. The highest BCUT2D eigenvalue weighted by Gasteiger charge is 2.25. The van der Waals surface area contributed by atoms with Gasteiger partial charge in [0.05, 0.1) is 20.3 Å². The maximum absolute atomic E-state index is 12.0. The van der Waals surface area contributed by atoms with Gasteiger partial charge in [-0.15, -0.1) is 0 Å². The van der Waals surface area contributed by atoms with E-state index < -0.39 is 6.04 Å². The molecule has 0 aliphatic carbocycles. The van der Waals surface area contributed by atoms with Gasteiger partial charge >= 0.3 is 0 Å². The van der Waals surface area contributed by atoms with Crippen LogP contribution in [0, 0.1) is 0 Å². The van der Waals surface area contributed by atoms with Gasteiger partial charge in [-0.1, -0.05) is 0 Å². The smallest absolute Gasteiger partial charge is 0.239 e. The molecule has 1 saturated heterocycles. The number of carbonyl (C=O) groups excluding carboxylic acids is 1. The number of rotatable bonds is 5. The Morgan fingerprint density at radius 3 is 2.50 bits per heavy atom. The summed E-state index contributed by atoms with van der Waals surface area (Å²) < 4.78 is 10.6. The summed E-state index contributed by atoms with van der Waals surface area (Å²) in [5.74, 6) is 1.48. The van der Waals surface area contributed by atoms with E-state index in [-0.39, 0.29) is 11.9 Å². The van der Waals surface area contributed by atoms with Gasteiger partial charge in [0.1, 0.15) is 11.5 Å². The first-order valence-corrected chi connectivity index (χ1v) is 7.57. The lowest BCUT2D eigenvalue weighted by Gasteiger charge is -2.34. The van der Waals surface area contributed by atoms with Crippen molar-refractivity contribution >= 4 is 11.6 Å². The average Bonchev–Trinajstić information content (AvgIpc) is 2.53. The van der Waals surface area contributed by atoms with Crippen LogP contribution in [0.1, 0.15) is 19.8 Å². The molecule has 2 rings (SSSR count). The zero-order valence-corrected chi connectivity index (χ0v) is 13.5. The number of likely N-dealkylation sites (tertiary alicyclic amines) is 1. The molecule has 3 N–H and O–H groups in total. The van der Waals surface area contributed by atoms with Crippen molar-refractivity contribution in [3.05, 3.63) is 18.2 Å². The molecule has 0 spiro atoms. The Balaban J connectivity index is 2.05. The van der Waals surface area contributed by atoms with Gasteiger partial charge in [0.15, 0.2) is 0 Å². The summed E-state index contributed by atoms with van der Waals surface area (Å²) in [5, 5.41) is 3.46. The molecule has 122 valence electrons. The summed E-state index contributed by atoms with van der Waals surface area (Å²) >= 11 is 0. The second-order valence-electron chi connectivity index (χ2n) is 5.66. The number of nitrogens with zero attached hydrogens (tertiary/aromatic N) is 1. The number of benzene rings is 1. The summed E-state index contributed by atoms with van der Waals surface area (Å²) in [6, 6.07) is 5.44. The second-order valence-corrected chi connectivity index (χ2v) is 5.66. The number of piperidine rings is 1. The standard InChI is InChI=1S/C16H25N3O3/c1-11(17)16(20)19-6-4-5-12(10-19)18-13-7-14(21-2)9-15(8-13)22-3/h7-9,11-12,18H,4-6,10,17H2,1-3H3/t11-,12?/m1/s1. The fourth-order valence-corrected chi connectivity index (χ4v) is 2.71. The normalized spacial score (nSPS) is 19.5. The molecule has 22 heavy (non-hydrogen) atoms. The van der Waals surface area contributed by atoms with Gasteiger partial charge in [-0.2, -0.15) is 0 Å². The summed E-state index contributed by atoms with van der Waals surface area (Å²) in [6.07, 6.45) is 1.99. The third-order valence-electron chi connectivity index (χ3n) is 3.84. The van der Waals surface area contributed by atoms with Crippen molar-refractivity contribution in [3.8, 4) is 11.5 Å². The summed E-state index contributed by atoms with van der Waals surface area (Å²) in [5.41, 5.74) is 6.62. The molecule has 1 unspecified atom stereocenters. The monoisotopic (exact) mass is 307 g/mol. The molecule has 1 amide bonds. The maximum atomic E-state index is 12.0. The van der Waals surface area contributed by atoms with E-state index in [2.05, 4.69) is 5.32 Å². The first kappa shape index (κ1) is 16.4. The van der Waals surface area contributed by atoms with Gasteiger partial charge in [0.25, 0.3) is 0 Å². The summed E-state index contributed by atoms with van der Waals surface area (Å²) in [7, 11) is 3.25. The number of methoxy groups -OCH3 is 2. The fourth-order valence-electron chi connectivity index (χ4n) is 2.71. The Hall–Kier alpha value is -1.95. The van der Waals surface area contributed by atoms with Crippen molar-refractivity contribution in [2.75, 3.05) is 32.6 Å². The van der Waals surface area contributed by atoms with Gasteiger partial charge in [0.2, 0.25) is 5.91 Å². The van der Waals surface area contributed by atoms with Crippen LogP contribution in [0.2, 0.25) is 0 Å². The van der Waals surface area contributed by atoms with Crippen LogP contribution in [-0.2, 0) is 4.79 Å². The largest absolute Gasteiger partial charge is 0.497 e. The van der Waals surface area contributed by atoms with E-state index in [0.717, 1.165) is 36.6 Å². The molecule has 1 aromatic carbocycles. The van der Waals surface area contributed by atoms with E-state index in [1.807, 2.05) is 23.1 Å². The van der Waals surface area contributed by atoms with Crippen molar-refractivity contribution in [2.45, 2.75) is 31.8 Å². The minimum atomic E-state index is -0.448. The molecule has 0 radical (unpaired) electrons. The van der Waals surface area contributed by atoms with Crippen LogP contribution in [0.15, 0.2) is 18.2 Å². The van der Waals surface area contributed by atoms with Gasteiger partial charge in [-0.05, 0) is 19.8 Å². The number of amides is 1. The lowest BCUT2D eigenvalue weighted by molar-refractivity contribution is -0.133. The molecule has 0 saturated carbocycles. The second kappa shape index (κ2) is 7.35. The zero-order valence-electron chi connectivity index (χ0n) is 13.5. The molecule has 0 bridgehead atoms. The highest BCUT2D eigenvalue weighted by atomic mass is 16.5. The number of hydrogen-bond acceptors (Lipinski definition) is 5. The number of anilines is 1. The van der Waals surface area contributed by atoms with Gasteiger partial charge < -0.3 is 25.4 Å². The molecule has 1 aromatic rings. The number of ether oxygens (including phenoxy) is 2.